The average molecular weight is 435 g/mol. The number of hydrogen-bond acceptors (Lipinski definition) is 4. The molecule has 1 amide bonds. The fraction of sp³-hybridized carbons (Fsp3) is 0.292. The van der Waals surface area contributed by atoms with Crippen LogP contribution in [0.1, 0.15) is 47.6 Å². The predicted octanol–water partition coefficient (Wildman–Crippen LogP) is 5.25. The number of likely N-dealkylation sites (tertiary alicyclic amines) is 1. The standard InChI is InChI=1S/C24H23ClN4O2/c1-2-21-19(15-26-29(21)18-7-5-6-17(25)14-18)24(30)28-12-10-16(11-13-28)23-27-20-8-3-4-9-22(20)31-23/h3-9,14-16H,2,10-13H2,1H3. The average Bonchev–Trinajstić information content (AvgIpc) is 3.43. The van der Waals surface area contributed by atoms with Crippen LogP contribution in [-0.4, -0.2) is 38.7 Å². The normalized spacial score (nSPS) is 15.0. The van der Waals surface area contributed by atoms with Gasteiger partial charge in [-0.15, -0.1) is 0 Å². The fourth-order valence-corrected chi connectivity index (χ4v) is 4.47. The van der Waals surface area contributed by atoms with E-state index in [4.69, 9.17) is 16.0 Å². The summed E-state index contributed by atoms with van der Waals surface area (Å²) >= 11 is 6.14. The summed E-state index contributed by atoms with van der Waals surface area (Å²) in [6.07, 6.45) is 4.05. The Morgan fingerprint density at radius 3 is 2.71 bits per heavy atom. The van der Waals surface area contributed by atoms with Gasteiger partial charge in [0.15, 0.2) is 11.5 Å². The molecule has 0 unspecified atom stereocenters. The van der Waals surface area contributed by atoms with Crippen molar-refractivity contribution < 1.29 is 9.21 Å². The van der Waals surface area contributed by atoms with E-state index in [0.29, 0.717) is 30.1 Å². The van der Waals surface area contributed by atoms with Crippen LogP contribution in [0.5, 0.6) is 0 Å². The van der Waals surface area contributed by atoms with Crippen molar-refractivity contribution in [2.75, 3.05) is 13.1 Å². The number of fused-ring (bicyclic) bond motifs is 1. The summed E-state index contributed by atoms with van der Waals surface area (Å²) in [5, 5.41) is 5.13. The summed E-state index contributed by atoms with van der Waals surface area (Å²) in [6, 6.07) is 15.3. The minimum Gasteiger partial charge on any atom is -0.440 e. The molecule has 0 spiro atoms. The highest BCUT2D eigenvalue weighted by molar-refractivity contribution is 6.30. The van der Waals surface area contributed by atoms with Crippen molar-refractivity contribution in [3.63, 3.8) is 0 Å². The SMILES string of the molecule is CCc1c(C(=O)N2CCC(c3nc4ccccc4o3)CC2)cnn1-c1cccc(Cl)c1. The summed E-state index contributed by atoms with van der Waals surface area (Å²) in [5.74, 6) is 1.04. The highest BCUT2D eigenvalue weighted by atomic mass is 35.5. The van der Waals surface area contributed by atoms with Crippen molar-refractivity contribution in [2.24, 2.45) is 0 Å². The van der Waals surface area contributed by atoms with Gasteiger partial charge >= 0.3 is 0 Å². The molecule has 1 aliphatic heterocycles. The van der Waals surface area contributed by atoms with Gasteiger partial charge in [0.2, 0.25) is 0 Å². The van der Waals surface area contributed by atoms with Crippen LogP contribution in [0.25, 0.3) is 16.8 Å². The third kappa shape index (κ3) is 3.72. The summed E-state index contributed by atoms with van der Waals surface area (Å²) in [5.41, 5.74) is 4.11. The third-order valence-electron chi connectivity index (χ3n) is 5.93. The van der Waals surface area contributed by atoms with E-state index in [-0.39, 0.29) is 11.8 Å². The predicted molar refractivity (Wildman–Crippen MR) is 120 cm³/mol. The van der Waals surface area contributed by atoms with Crippen LogP contribution in [0.15, 0.2) is 59.1 Å². The van der Waals surface area contributed by atoms with Crippen LogP contribution in [0.3, 0.4) is 0 Å². The Hall–Kier alpha value is -3.12. The van der Waals surface area contributed by atoms with E-state index in [2.05, 4.69) is 10.1 Å². The van der Waals surface area contributed by atoms with Crippen molar-refractivity contribution >= 4 is 28.6 Å². The van der Waals surface area contributed by atoms with Gasteiger partial charge in [-0.05, 0) is 49.6 Å². The van der Waals surface area contributed by atoms with Gasteiger partial charge in [0.05, 0.1) is 23.1 Å². The van der Waals surface area contributed by atoms with Gasteiger partial charge in [0.25, 0.3) is 5.91 Å². The Kier molecular flexibility index (Phi) is 5.24. The fourth-order valence-electron chi connectivity index (χ4n) is 4.29. The zero-order chi connectivity index (χ0) is 21.4. The number of halogens is 1. The largest absolute Gasteiger partial charge is 0.440 e. The molecular formula is C24H23ClN4O2. The van der Waals surface area contributed by atoms with Gasteiger partial charge in [-0.3, -0.25) is 4.79 Å². The van der Waals surface area contributed by atoms with Crippen molar-refractivity contribution in [3.8, 4) is 5.69 Å². The topological polar surface area (TPSA) is 64.2 Å². The Morgan fingerprint density at radius 1 is 1.16 bits per heavy atom. The molecule has 0 atom stereocenters. The van der Waals surface area contributed by atoms with Gasteiger partial charge in [-0.2, -0.15) is 5.10 Å². The van der Waals surface area contributed by atoms with Crippen LogP contribution in [-0.2, 0) is 6.42 Å². The van der Waals surface area contributed by atoms with E-state index in [1.165, 1.54) is 0 Å². The lowest BCUT2D eigenvalue weighted by atomic mass is 9.96. The summed E-state index contributed by atoms with van der Waals surface area (Å²) in [4.78, 5) is 19.8. The molecule has 1 aliphatic rings. The van der Waals surface area contributed by atoms with E-state index in [1.807, 2.05) is 65.0 Å². The Balaban J connectivity index is 1.32. The molecule has 7 heteroatoms. The molecular weight excluding hydrogens is 412 g/mol. The second-order valence-corrected chi connectivity index (χ2v) is 8.27. The molecule has 31 heavy (non-hydrogen) atoms. The Morgan fingerprint density at radius 2 is 1.97 bits per heavy atom. The first kappa shape index (κ1) is 19.8. The Bertz CT molecular complexity index is 1200. The Labute approximate surface area is 185 Å². The van der Waals surface area contributed by atoms with Gasteiger partial charge in [-0.25, -0.2) is 9.67 Å². The molecule has 6 nitrogen and oxygen atoms in total. The molecule has 0 bridgehead atoms. The van der Waals surface area contributed by atoms with E-state index < -0.39 is 0 Å². The number of carbonyl (C=O) groups is 1. The van der Waals surface area contributed by atoms with E-state index in [0.717, 1.165) is 41.2 Å². The molecule has 0 radical (unpaired) electrons. The minimum absolute atomic E-state index is 0.0288. The van der Waals surface area contributed by atoms with E-state index in [1.54, 1.807) is 6.20 Å². The number of amides is 1. The second-order valence-electron chi connectivity index (χ2n) is 7.84. The number of carbonyl (C=O) groups excluding carboxylic acids is 1. The first-order chi connectivity index (χ1) is 15.1. The zero-order valence-electron chi connectivity index (χ0n) is 17.3. The lowest BCUT2D eigenvalue weighted by molar-refractivity contribution is 0.0705. The van der Waals surface area contributed by atoms with Gasteiger partial charge in [0, 0.05) is 24.0 Å². The van der Waals surface area contributed by atoms with Crippen LogP contribution >= 0.6 is 11.6 Å². The van der Waals surface area contributed by atoms with Crippen LogP contribution in [0.2, 0.25) is 5.02 Å². The molecule has 1 fully saturated rings. The second kappa shape index (κ2) is 8.19. The molecule has 0 saturated carbocycles. The quantitative estimate of drug-likeness (QED) is 0.440. The van der Waals surface area contributed by atoms with Crippen LogP contribution < -0.4 is 0 Å². The van der Waals surface area contributed by atoms with Crippen molar-refractivity contribution in [3.05, 3.63) is 76.9 Å². The summed E-state index contributed by atoms with van der Waals surface area (Å²) in [6.45, 7) is 3.38. The molecule has 1 saturated heterocycles. The lowest BCUT2D eigenvalue weighted by Gasteiger charge is -2.30. The number of oxazole rings is 1. The number of benzene rings is 2. The third-order valence-corrected chi connectivity index (χ3v) is 6.16. The van der Waals surface area contributed by atoms with Gasteiger partial charge in [0.1, 0.15) is 5.52 Å². The maximum atomic E-state index is 13.3. The molecule has 2 aromatic heterocycles. The number of rotatable bonds is 4. The highest BCUT2D eigenvalue weighted by Gasteiger charge is 2.29. The van der Waals surface area contributed by atoms with Crippen molar-refractivity contribution in [2.45, 2.75) is 32.1 Å². The monoisotopic (exact) mass is 434 g/mol. The molecule has 2 aromatic carbocycles. The van der Waals surface area contributed by atoms with Crippen LogP contribution in [0, 0.1) is 0 Å². The number of para-hydroxylation sites is 2. The zero-order valence-corrected chi connectivity index (χ0v) is 18.0. The van der Waals surface area contributed by atoms with E-state index in [9.17, 15) is 4.79 Å². The number of aromatic nitrogens is 3. The summed E-state index contributed by atoms with van der Waals surface area (Å²) in [7, 11) is 0. The number of piperidine rings is 1. The van der Waals surface area contributed by atoms with Gasteiger partial charge < -0.3 is 9.32 Å². The van der Waals surface area contributed by atoms with Gasteiger partial charge in [-0.1, -0.05) is 36.7 Å². The van der Waals surface area contributed by atoms with Crippen molar-refractivity contribution in [1.82, 2.24) is 19.7 Å². The first-order valence-corrected chi connectivity index (χ1v) is 11.0. The number of nitrogens with zero attached hydrogens (tertiary/aromatic N) is 4. The van der Waals surface area contributed by atoms with E-state index >= 15 is 0 Å². The minimum atomic E-state index is 0.0288. The van der Waals surface area contributed by atoms with Crippen LogP contribution in [0.4, 0.5) is 0 Å². The molecule has 0 aliphatic carbocycles. The highest BCUT2D eigenvalue weighted by Crippen LogP contribution is 2.31. The smallest absolute Gasteiger partial charge is 0.257 e. The van der Waals surface area contributed by atoms with Crippen molar-refractivity contribution in [1.29, 1.82) is 0 Å². The lowest BCUT2D eigenvalue weighted by Crippen LogP contribution is -2.38. The first-order valence-electron chi connectivity index (χ1n) is 10.6. The maximum absolute atomic E-state index is 13.3. The summed E-state index contributed by atoms with van der Waals surface area (Å²) < 4.78 is 7.76. The maximum Gasteiger partial charge on any atom is 0.257 e. The molecule has 3 heterocycles. The molecule has 4 aromatic rings. The molecule has 158 valence electrons. The molecule has 0 N–H and O–H groups in total. The molecule has 5 rings (SSSR count). The number of hydrogen-bond donors (Lipinski definition) is 0.